The minimum absolute atomic E-state index is 0.0547. The number of nitrogens with one attached hydrogen (secondary N) is 1. The summed E-state index contributed by atoms with van der Waals surface area (Å²) >= 11 is 0. The summed E-state index contributed by atoms with van der Waals surface area (Å²) in [5.41, 5.74) is 0.0984. The van der Waals surface area contributed by atoms with Crippen molar-refractivity contribution in [2.24, 2.45) is 5.41 Å². The van der Waals surface area contributed by atoms with Crippen LogP contribution in [0.3, 0.4) is 0 Å². The standard InChI is InChI=1S/C15H20FNO3S/c1-15(2,3)11-21(19,20)17-14-8-7-13(16)10-12(14)6-4-5-9-18/h7-8,10,17-18H,5,9,11H2,1-3H3. The molecular formula is C15H20FNO3S. The lowest BCUT2D eigenvalue weighted by molar-refractivity contribution is 0.305. The number of hydrogen-bond acceptors (Lipinski definition) is 3. The lowest BCUT2D eigenvalue weighted by atomic mass is 10.0. The van der Waals surface area contributed by atoms with Gasteiger partial charge >= 0.3 is 0 Å². The summed E-state index contributed by atoms with van der Waals surface area (Å²) in [6.45, 7) is 5.35. The maximum absolute atomic E-state index is 13.3. The van der Waals surface area contributed by atoms with Gasteiger partial charge < -0.3 is 5.11 Å². The molecule has 1 rings (SSSR count). The third-order valence-corrected chi connectivity index (χ3v) is 4.11. The van der Waals surface area contributed by atoms with Crippen LogP contribution in [0.4, 0.5) is 10.1 Å². The minimum atomic E-state index is -3.55. The van der Waals surface area contributed by atoms with Gasteiger partial charge in [-0.2, -0.15) is 0 Å². The van der Waals surface area contributed by atoms with E-state index in [4.69, 9.17) is 5.11 Å². The molecule has 4 nitrogen and oxygen atoms in total. The van der Waals surface area contributed by atoms with Gasteiger partial charge in [0.25, 0.3) is 0 Å². The molecular weight excluding hydrogens is 293 g/mol. The number of aliphatic hydroxyl groups excluding tert-OH is 1. The predicted molar refractivity (Wildman–Crippen MR) is 81.8 cm³/mol. The van der Waals surface area contributed by atoms with E-state index >= 15 is 0 Å². The lowest BCUT2D eigenvalue weighted by Crippen LogP contribution is -2.26. The summed E-state index contributed by atoms with van der Waals surface area (Å²) in [6, 6.07) is 3.68. The molecule has 2 N–H and O–H groups in total. The van der Waals surface area contributed by atoms with E-state index in [-0.39, 0.29) is 30.0 Å². The molecule has 21 heavy (non-hydrogen) atoms. The van der Waals surface area contributed by atoms with Crippen LogP contribution < -0.4 is 4.72 Å². The van der Waals surface area contributed by atoms with Crippen LogP contribution >= 0.6 is 0 Å². The zero-order chi connectivity index (χ0) is 16.1. The van der Waals surface area contributed by atoms with Gasteiger partial charge in [-0.3, -0.25) is 4.72 Å². The minimum Gasteiger partial charge on any atom is -0.395 e. The summed E-state index contributed by atoms with van der Waals surface area (Å²) in [7, 11) is -3.55. The highest BCUT2D eigenvalue weighted by Gasteiger charge is 2.22. The Morgan fingerprint density at radius 3 is 2.57 bits per heavy atom. The van der Waals surface area contributed by atoms with E-state index in [1.54, 1.807) is 0 Å². The Bertz CT molecular complexity index is 652. The molecule has 0 radical (unpaired) electrons. The number of halogens is 1. The molecule has 0 fully saturated rings. The van der Waals surface area contributed by atoms with E-state index in [1.807, 2.05) is 20.8 Å². The van der Waals surface area contributed by atoms with Crippen molar-refractivity contribution in [1.82, 2.24) is 0 Å². The fraction of sp³-hybridized carbons (Fsp3) is 0.467. The third-order valence-electron chi connectivity index (χ3n) is 2.33. The summed E-state index contributed by atoms with van der Waals surface area (Å²) in [4.78, 5) is 0. The van der Waals surface area contributed by atoms with Crippen LogP contribution in [0.15, 0.2) is 18.2 Å². The Morgan fingerprint density at radius 1 is 1.33 bits per heavy atom. The molecule has 116 valence electrons. The topological polar surface area (TPSA) is 66.4 Å². The number of benzene rings is 1. The molecule has 0 spiro atoms. The van der Waals surface area contributed by atoms with Gasteiger partial charge in [0.2, 0.25) is 10.0 Å². The molecule has 0 unspecified atom stereocenters. The number of rotatable bonds is 4. The van der Waals surface area contributed by atoms with Crippen LogP contribution in [0.5, 0.6) is 0 Å². The Morgan fingerprint density at radius 2 is 2.00 bits per heavy atom. The normalized spacial score (nSPS) is 11.7. The lowest BCUT2D eigenvalue weighted by Gasteiger charge is -2.19. The highest BCUT2D eigenvalue weighted by atomic mass is 32.2. The predicted octanol–water partition coefficient (Wildman–Crippen LogP) is 2.35. The Labute approximate surface area is 125 Å². The van der Waals surface area contributed by atoms with Gasteiger partial charge in [-0.15, -0.1) is 0 Å². The van der Waals surface area contributed by atoms with Crippen LogP contribution in [-0.2, 0) is 10.0 Å². The second-order valence-electron chi connectivity index (χ2n) is 5.89. The van der Waals surface area contributed by atoms with E-state index in [9.17, 15) is 12.8 Å². The first-order valence-electron chi connectivity index (χ1n) is 6.53. The van der Waals surface area contributed by atoms with Crippen LogP contribution in [0, 0.1) is 23.1 Å². The van der Waals surface area contributed by atoms with Crippen molar-refractivity contribution in [1.29, 1.82) is 0 Å². The van der Waals surface area contributed by atoms with Gasteiger partial charge in [0.15, 0.2) is 0 Å². The van der Waals surface area contributed by atoms with Crippen molar-refractivity contribution in [3.8, 4) is 11.8 Å². The molecule has 0 aliphatic heterocycles. The number of anilines is 1. The van der Waals surface area contributed by atoms with Crippen molar-refractivity contribution < 1.29 is 17.9 Å². The Balaban J connectivity index is 3.06. The molecule has 6 heteroatoms. The largest absolute Gasteiger partial charge is 0.395 e. The smallest absolute Gasteiger partial charge is 0.233 e. The molecule has 0 bridgehead atoms. The van der Waals surface area contributed by atoms with Crippen molar-refractivity contribution >= 4 is 15.7 Å². The van der Waals surface area contributed by atoms with Crippen LogP contribution in [0.1, 0.15) is 32.8 Å². The fourth-order valence-corrected chi connectivity index (χ4v) is 3.42. The zero-order valence-electron chi connectivity index (χ0n) is 12.4. The fourth-order valence-electron chi connectivity index (χ4n) is 1.70. The van der Waals surface area contributed by atoms with Crippen molar-refractivity contribution in [2.45, 2.75) is 27.2 Å². The Kier molecular flexibility index (Phi) is 5.76. The molecule has 0 heterocycles. The third kappa shape index (κ3) is 6.61. The summed E-state index contributed by atoms with van der Waals surface area (Å²) in [6.07, 6.45) is 0.241. The highest BCUT2D eigenvalue weighted by molar-refractivity contribution is 7.92. The summed E-state index contributed by atoms with van der Waals surface area (Å²) in [5.74, 6) is 4.76. The molecule has 0 saturated heterocycles. The quantitative estimate of drug-likeness (QED) is 0.839. The molecule has 0 saturated carbocycles. The average Bonchev–Trinajstić information content (AvgIpc) is 2.29. The first-order chi connectivity index (χ1) is 9.63. The van der Waals surface area contributed by atoms with E-state index < -0.39 is 21.3 Å². The molecule has 0 aliphatic rings. The molecule has 0 amide bonds. The SMILES string of the molecule is CC(C)(C)CS(=O)(=O)Nc1ccc(F)cc1C#CCCO. The summed E-state index contributed by atoms with van der Waals surface area (Å²) in [5, 5.41) is 8.69. The second kappa shape index (κ2) is 6.92. The van der Waals surface area contributed by atoms with E-state index in [1.165, 1.54) is 18.2 Å². The van der Waals surface area contributed by atoms with Crippen LogP contribution in [-0.4, -0.2) is 25.9 Å². The Hall–Kier alpha value is -1.58. The first kappa shape index (κ1) is 17.5. The van der Waals surface area contributed by atoms with Crippen LogP contribution in [0.25, 0.3) is 0 Å². The van der Waals surface area contributed by atoms with Gasteiger partial charge in [0.05, 0.1) is 23.6 Å². The number of sulfonamides is 1. The molecule has 1 aromatic rings. The van der Waals surface area contributed by atoms with Gasteiger partial charge in [-0.05, 0) is 23.6 Å². The second-order valence-corrected chi connectivity index (χ2v) is 7.61. The van der Waals surface area contributed by atoms with Crippen LogP contribution in [0.2, 0.25) is 0 Å². The molecule has 0 aromatic heterocycles. The van der Waals surface area contributed by atoms with Crippen molar-refractivity contribution in [2.75, 3.05) is 17.1 Å². The van der Waals surface area contributed by atoms with E-state index in [0.29, 0.717) is 0 Å². The average molecular weight is 313 g/mol. The number of hydrogen-bond donors (Lipinski definition) is 2. The highest BCUT2D eigenvalue weighted by Crippen LogP contribution is 2.21. The maximum atomic E-state index is 13.3. The molecule has 1 aromatic carbocycles. The first-order valence-corrected chi connectivity index (χ1v) is 8.18. The van der Waals surface area contributed by atoms with Gasteiger partial charge in [0.1, 0.15) is 5.82 Å². The molecule has 0 atom stereocenters. The van der Waals surface area contributed by atoms with Gasteiger partial charge in [-0.1, -0.05) is 32.6 Å². The maximum Gasteiger partial charge on any atom is 0.233 e. The van der Waals surface area contributed by atoms with Gasteiger partial charge in [-0.25, -0.2) is 12.8 Å². The van der Waals surface area contributed by atoms with Crippen molar-refractivity contribution in [3.05, 3.63) is 29.6 Å². The van der Waals surface area contributed by atoms with Gasteiger partial charge in [0, 0.05) is 6.42 Å². The zero-order valence-corrected chi connectivity index (χ0v) is 13.2. The monoisotopic (exact) mass is 313 g/mol. The van der Waals surface area contributed by atoms with E-state index in [2.05, 4.69) is 16.6 Å². The molecule has 0 aliphatic carbocycles. The van der Waals surface area contributed by atoms with E-state index in [0.717, 1.165) is 0 Å². The number of aliphatic hydroxyl groups is 1. The van der Waals surface area contributed by atoms with Crippen molar-refractivity contribution in [3.63, 3.8) is 0 Å². The summed E-state index contributed by atoms with van der Waals surface area (Å²) < 4.78 is 39.9.